The van der Waals surface area contributed by atoms with Crippen LogP contribution < -0.4 is 9.64 Å². The molecule has 3 amide bonds. The van der Waals surface area contributed by atoms with Crippen molar-refractivity contribution >= 4 is 29.4 Å². The maximum atomic E-state index is 13.5. The highest BCUT2D eigenvalue weighted by atomic mass is 16.5. The molecular formula is C27H24N2O5. The van der Waals surface area contributed by atoms with E-state index in [0.29, 0.717) is 17.0 Å². The molecule has 0 aromatic heterocycles. The fourth-order valence-electron chi connectivity index (χ4n) is 4.01. The van der Waals surface area contributed by atoms with Gasteiger partial charge in [0.1, 0.15) is 11.8 Å². The number of esters is 1. The molecule has 3 aromatic rings. The molecule has 34 heavy (non-hydrogen) atoms. The van der Waals surface area contributed by atoms with Gasteiger partial charge in [-0.1, -0.05) is 48.0 Å². The van der Waals surface area contributed by atoms with E-state index in [1.54, 1.807) is 30.3 Å². The molecule has 1 aliphatic heterocycles. The summed E-state index contributed by atoms with van der Waals surface area (Å²) in [5, 5.41) is 0. The van der Waals surface area contributed by atoms with Gasteiger partial charge in [-0.2, -0.15) is 0 Å². The van der Waals surface area contributed by atoms with Crippen LogP contribution in [0, 0.1) is 6.92 Å². The largest absolute Gasteiger partial charge is 0.427 e. The molecule has 4 rings (SSSR count). The Hall–Kier alpha value is -4.26. The zero-order chi connectivity index (χ0) is 24.2. The molecule has 1 unspecified atom stereocenters. The second-order valence-corrected chi connectivity index (χ2v) is 8.16. The van der Waals surface area contributed by atoms with Gasteiger partial charge in [0.2, 0.25) is 5.91 Å². The number of carbonyl (C=O) groups excluding carboxylic acids is 4. The minimum Gasteiger partial charge on any atom is -0.427 e. The number of imide groups is 1. The van der Waals surface area contributed by atoms with Gasteiger partial charge in [-0.3, -0.25) is 19.2 Å². The fraction of sp³-hybridized carbons (Fsp3) is 0.185. The zero-order valence-corrected chi connectivity index (χ0v) is 18.9. The highest BCUT2D eigenvalue weighted by Gasteiger charge is 2.44. The Balaban J connectivity index is 1.64. The number of hydrogen-bond donors (Lipinski definition) is 0. The molecule has 1 saturated heterocycles. The summed E-state index contributed by atoms with van der Waals surface area (Å²) >= 11 is 0. The van der Waals surface area contributed by atoms with Crippen molar-refractivity contribution in [1.29, 1.82) is 0 Å². The minimum atomic E-state index is -0.936. The summed E-state index contributed by atoms with van der Waals surface area (Å²) in [6.45, 7) is 3.37. The van der Waals surface area contributed by atoms with Crippen molar-refractivity contribution in [2.45, 2.75) is 32.9 Å². The molecule has 1 heterocycles. The van der Waals surface area contributed by atoms with Gasteiger partial charge in [0.25, 0.3) is 11.8 Å². The Morgan fingerprint density at radius 2 is 1.68 bits per heavy atom. The molecule has 1 aliphatic rings. The van der Waals surface area contributed by atoms with E-state index in [1.165, 1.54) is 24.0 Å². The van der Waals surface area contributed by atoms with E-state index >= 15 is 0 Å². The van der Waals surface area contributed by atoms with Crippen molar-refractivity contribution in [3.8, 4) is 5.75 Å². The summed E-state index contributed by atoms with van der Waals surface area (Å²) in [5.41, 5.74) is 2.60. The van der Waals surface area contributed by atoms with Gasteiger partial charge in [-0.25, -0.2) is 4.90 Å². The molecule has 1 fully saturated rings. The Labute approximate surface area is 197 Å². The molecule has 0 aliphatic carbocycles. The van der Waals surface area contributed by atoms with E-state index in [1.807, 2.05) is 43.3 Å². The molecule has 7 nitrogen and oxygen atoms in total. The molecule has 0 saturated carbocycles. The molecule has 0 N–H and O–H groups in total. The van der Waals surface area contributed by atoms with Crippen LogP contribution in [-0.4, -0.2) is 34.6 Å². The average Bonchev–Trinajstić information content (AvgIpc) is 3.11. The van der Waals surface area contributed by atoms with Gasteiger partial charge >= 0.3 is 5.97 Å². The Morgan fingerprint density at radius 3 is 2.32 bits per heavy atom. The van der Waals surface area contributed by atoms with Crippen molar-refractivity contribution < 1.29 is 23.9 Å². The molecule has 1 atom stereocenters. The summed E-state index contributed by atoms with van der Waals surface area (Å²) in [5.74, 6) is -1.34. The number of anilines is 1. The number of benzene rings is 3. The number of ether oxygens (including phenoxy) is 1. The van der Waals surface area contributed by atoms with Gasteiger partial charge in [0, 0.05) is 19.0 Å². The number of aryl methyl sites for hydroxylation is 1. The van der Waals surface area contributed by atoms with Crippen molar-refractivity contribution in [2.24, 2.45) is 0 Å². The van der Waals surface area contributed by atoms with Crippen LogP contribution in [0.3, 0.4) is 0 Å². The standard InChI is InChI=1S/C27H24N2O5/c1-18-7-6-10-21(15-18)26(32)28(17-20-8-4-3-5-9-20)24-16-25(31)29(27(24)33)22-11-13-23(14-12-22)34-19(2)30/h3-15,24H,16-17H2,1-2H3. The summed E-state index contributed by atoms with van der Waals surface area (Å²) in [7, 11) is 0. The summed E-state index contributed by atoms with van der Waals surface area (Å²) < 4.78 is 5.02. The third kappa shape index (κ3) is 4.88. The van der Waals surface area contributed by atoms with Gasteiger partial charge in [0.15, 0.2) is 0 Å². The maximum Gasteiger partial charge on any atom is 0.308 e. The molecule has 3 aromatic carbocycles. The quantitative estimate of drug-likeness (QED) is 0.319. The Kier molecular flexibility index (Phi) is 6.54. The number of carbonyl (C=O) groups is 4. The van der Waals surface area contributed by atoms with E-state index in [2.05, 4.69) is 0 Å². The zero-order valence-electron chi connectivity index (χ0n) is 18.9. The topological polar surface area (TPSA) is 84.0 Å². The first-order chi connectivity index (χ1) is 16.3. The van der Waals surface area contributed by atoms with Gasteiger partial charge in [-0.15, -0.1) is 0 Å². The predicted molar refractivity (Wildman–Crippen MR) is 126 cm³/mol. The normalized spacial score (nSPS) is 15.4. The Morgan fingerprint density at radius 1 is 0.971 bits per heavy atom. The second-order valence-electron chi connectivity index (χ2n) is 8.16. The molecule has 0 bridgehead atoms. The van der Waals surface area contributed by atoms with E-state index in [-0.39, 0.29) is 18.9 Å². The van der Waals surface area contributed by atoms with Crippen LogP contribution in [0.25, 0.3) is 0 Å². The highest BCUT2D eigenvalue weighted by Crippen LogP contribution is 2.29. The first-order valence-electron chi connectivity index (χ1n) is 10.9. The Bertz CT molecular complexity index is 1240. The van der Waals surface area contributed by atoms with E-state index in [4.69, 9.17) is 4.74 Å². The van der Waals surface area contributed by atoms with Crippen LogP contribution >= 0.6 is 0 Å². The smallest absolute Gasteiger partial charge is 0.308 e. The van der Waals surface area contributed by atoms with Crippen molar-refractivity contribution in [2.75, 3.05) is 4.90 Å². The van der Waals surface area contributed by atoms with Crippen LogP contribution in [0.1, 0.15) is 34.8 Å². The van der Waals surface area contributed by atoms with Crippen LogP contribution in [-0.2, 0) is 20.9 Å². The molecule has 172 valence electrons. The molecular weight excluding hydrogens is 432 g/mol. The van der Waals surface area contributed by atoms with Crippen molar-refractivity contribution in [3.05, 3.63) is 95.6 Å². The third-order valence-corrected chi connectivity index (χ3v) is 5.58. The fourth-order valence-corrected chi connectivity index (χ4v) is 4.01. The monoisotopic (exact) mass is 456 g/mol. The lowest BCUT2D eigenvalue weighted by molar-refractivity contribution is -0.132. The summed E-state index contributed by atoms with van der Waals surface area (Å²) in [4.78, 5) is 53.6. The number of amides is 3. The lowest BCUT2D eigenvalue weighted by atomic mass is 10.1. The highest BCUT2D eigenvalue weighted by molar-refractivity contribution is 6.23. The van der Waals surface area contributed by atoms with Crippen LogP contribution in [0.5, 0.6) is 5.75 Å². The van der Waals surface area contributed by atoms with E-state index in [9.17, 15) is 19.2 Å². The van der Waals surface area contributed by atoms with Gasteiger partial charge < -0.3 is 9.64 Å². The number of rotatable bonds is 6. The molecule has 0 radical (unpaired) electrons. The predicted octanol–water partition coefficient (Wildman–Crippen LogP) is 3.89. The van der Waals surface area contributed by atoms with Crippen LogP contribution in [0.15, 0.2) is 78.9 Å². The second kappa shape index (κ2) is 9.70. The van der Waals surface area contributed by atoms with Crippen LogP contribution in [0.2, 0.25) is 0 Å². The first-order valence-corrected chi connectivity index (χ1v) is 10.9. The lowest BCUT2D eigenvalue weighted by Gasteiger charge is -2.28. The number of hydrogen-bond acceptors (Lipinski definition) is 5. The summed E-state index contributed by atoms with van der Waals surface area (Å²) in [6, 6.07) is 21.7. The van der Waals surface area contributed by atoms with Crippen molar-refractivity contribution in [1.82, 2.24) is 4.90 Å². The van der Waals surface area contributed by atoms with Crippen LogP contribution in [0.4, 0.5) is 5.69 Å². The summed E-state index contributed by atoms with van der Waals surface area (Å²) in [6.07, 6.45) is -0.116. The first kappa shape index (κ1) is 22.9. The maximum absolute atomic E-state index is 13.5. The van der Waals surface area contributed by atoms with Crippen molar-refractivity contribution in [3.63, 3.8) is 0 Å². The molecule has 7 heteroatoms. The van der Waals surface area contributed by atoms with E-state index in [0.717, 1.165) is 16.0 Å². The average molecular weight is 456 g/mol. The SMILES string of the molecule is CC(=O)Oc1ccc(N2C(=O)CC(N(Cc3ccccc3)C(=O)c3cccc(C)c3)C2=O)cc1. The lowest BCUT2D eigenvalue weighted by Crippen LogP contribution is -2.45. The van der Waals surface area contributed by atoms with Gasteiger partial charge in [-0.05, 0) is 48.9 Å². The number of nitrogens with zero attached hydrogens (tertiary/aromatic N) is 2. The van der Waals surface area contributed by atoms with E-state index < -0.39 is 23.8 Å². The minimum absolute atomic E-state index is 0.116. The third-order valence-electron chi connectivity index (χ3n) is 5.58. The molecule has 0 spiro atoms. The van der Waals surface area contributed by atoms with Gasteiger partial charge in [0.05, 0.1) is 12.1 Å².